The van der Waals surface area contributed by atoms with E-state index in [4.69, 9.17) is 0 Å². The summed E-state index contributed by atoms with van der Waals surface area (Å²) in [6.07, 6.45) is 4.79. The van der Waals surface area contributed by atoms with Crippen LogP contribution in [0.25, 0.3) is 0 Å². The van der Waals surface area contributed by atoms with Crippen LogP contribution in [-0.2, 0) is 6.54 Å². The summed E-state index contributed by atoms with van der Waals surface area (Å²) in [4.78, 5) is 19.8. The lowest BCUT2D eigenvalue weighted by Gasteiger charge is -2.03. The second kappa shape index (κ2) is 4.52. The van der Waals surface area contributed by atoms with Gasteiger partial charge in [-0.3, -0.25) is 14.3 Å². The maximum atomic E-state index is 11.7. The van der Waals surface area contributed by atoms with Crippen LogP contribution in [-0.4, -0.2) is 14.5 Å². The van der Waals surface area contributed by atoms with Crippen molar-refractivity contribution in [2.45, 2.75) is 6.54 Å². The molecule has 0 aromatic carbocycles. The summed E-state index contributed by atoms with van der Waals surface area (Å²) in [5.41, 5.74) is 0.819. The second-order valence-electron chi connectivity index (χ2n) is 3.00. The first-order valence-electron chi connectivity index (χ1n) is 4.37. The summed E-state index contributed by atoms with van der Waals surface area (Å²) in [5.74, 6) is 0. The Bertz CT molecular complexity index is 510. The number of hydrogen-bond donors (Lipinski definition) is 0. The molecule has 0 unspecified atom stereocenters. The quantitative estimate of drug-likeness (QED) is 0.785. The summed E-state index contributed by atoms with van der Waals surface area (Å²) >= 11 is 1.98. The van der Waals surface area contributed by atoms with Gasteiger partial charge in [0.15, 0.2) is 0 Å². The third-order valence-corrected chi connectivity index (χ3v) is 2.66. The highest BCUT2D eigenvalue weighted by Gasteiger charge is 2.01. The second-order valence-corrected chi connectivity index (χ2v) is 4.16. The predicted octanol–water partition coefficient (Wildman–Crippen LogP) is 1.29. The zero-order chi connectivity index (χ0) is 10.7. The molecule has 76 valence electrons. The molecule has 5 heteroatoms. The van der Waals surface area contributed by atoms with E-state index in [0.29, 0.717) is 10.1 Å². The van der Waals surface area contributed by atoms with E-state index in [2.05, 4.69) is 9.97 Å². The maximum Gasteiger partial charge on any atom is 0.267 e. The number of pyridine rings is 1. The van der Waals surface area contributed by atoms with E-state index < -0.39 is 0 Å². The fraction of sp³-hybridized carbons (Fsp3) is 0.100. The zero-order valence-corrected chi connectivity index (χ0v) is 9.96. The molecule has 0 saturated heterocycles. The predicted molar refractivity (Wildman–Crippen MR) is 64.6 cm³/mol. The molecule has 0 aliphatic carbocycles. The molecule has 0 N–H and O–H groups in total. The fourth-order valence-corrected chi connectivity index (χ4v) is 1.67. The molecular weight excluding hydrogens is 305 g/mol. The number of rotatable bonds is 2. The topological polar surface area (TPSA) is 47.8 Å². The van der Waals surface area contributed by atoms with Gasteiger partial charge in [0.2, 0.25) is 0 Å². The molecule has 0 aliphatic heterocycles. The highest BCUT2D eigenvalue weighted by Crippen LogP contribution is 1.97. The van der Waals surface area contributed by atoms with Crippen molar-refractivity contribution in [3.8, 4) is 0 Å². The molecule has 2 aromatic rings. The number of hydrogen-bond acceptors (Lipinski definition) is 3. The van der Waals surface area contributed by atoms with Gasteiger partial charge in [0.25, 0.3) is 5.56 Å². The normalized spacial score (nSPS) is 10.2. The molecule has 0 radical (unpaired) electrons. The fourth-order valence-electron chi connectivity index (χ4n) is 1.20. The Hall–Kier alpha value is -1.24. The lowest BCUT2D eigenvalue weighted by molar-refractivity contribution is 0.713. The van der Waals surface area contributed by atoms with Crippen molar-refractivity contribution in [2.75, 3.05) is 0 Å². The summed E-state index contributed by atoms with van der Waals surface area (Å²) in [5, 5.41) is 0. The molecule has 0 spiro atoms. The molecule has 2 heterocycles. The number of aromatic nitrogens is 3. The Balaban J connectivity index is 2.33. The maximum absolute atomic E-state index is 11.7. The van der Waals surface area contributed by atoms with Crippen molar-refractivity contribution >= 4 is 22.6 Å². The molecular formula is C10H8IN3O. The average Bonchev–Trinajstić information content (AvgIpc) is 2.26. The van der Waals surface area contributed by atoms with E-state index in [-0.39, 0.29) is 5.56 Å². The van der Waals surface area contributed by atoms with Gasteiger partial charge in [0.05, 0.1) is 22.1 Å². The summed E-state index contributed by atoms with van der Waals surface area (Å²) in [6.45, 7) is 0.462. The van der Waals surface area contributed by atoms with Crippen molar-refractivity contribution in [3.05, 3.63) is 56.5 Å². The standard InChI is InChI=1S/C10H8IN3O/c11-9-5-12-7-14(10(9)15)6-8-3-1-2-4-13-8/h1-5,7H,6H2. The minimum absolute atomic E-state index is 0.0312. The molecule has 4 nitrogen and oxygen atoms in total. The Morgan fingerprint density at radius 2 is 2.27 bits per heavy atom. The summed E-state index contributed by atoms with van der Waals surface area (Å²) in [6, 6.07) is 5.63. The van der Waals surface area contributed by atoms with E-state index in [1.54, 1.807) is 17.0 Å². The van der Waals surface area contributed by atoms with Crippen LogP contribution in [0.3, 0.4) is 0 Å². The molecule has 0 saturated carbocycles. The molecule has 0 atom stereocenters. The third kappa shape index (κ3) is 2.41. The van der Waals surface area contributed by atoms with Gasteiger partial charge in [-0.1, -0.05) is 6.07 Å². The first-order chi connectivity index (χ1) is 7.27. The van der Waals surface area contributed by atoms with Crippen LogP contribution in [0.15, 0.2) is 41.7 Å². The first kappa shape index (κ1) is 10.3. The molecule has 0 amide bonds. The third-order valence-electron chi connectivity index (χ3n) is 1.92. The van der Waals surface area contributed by atoms with Crippen LogP contribution in [0.2, 0.25) is 0 Å². The minimum atomic E-state index is -0.0312. The van der Waals surface area contributed by atoms with Crippen LogP contribution >= 0.6 is 22.6 Å². The smallest absolute Gasteiger partial charge is 0.267 e. The van der Waals surface area contributed by atoms with E-state index in [1.165, 1.54) is 6.33 Å². The van der Waals surface area contributed by atoms with Gasteiger partial charge in [0.1, 0.15) is 0 Å². The van der Waals surface area contributed by atoms with E-state index >= 15 is 0 Å². The van der Waals surface area contributed by atoms with Crippen LogP contribution in [0, 0.1) is 3.57 Å². The van der Waals surface area contributed by atoms with Crippen molar-refractivity contribution in [1.82, 2.24) is 14.5 Å². The van der Waals surface area contributed by atoms with Crippen molar-refractivity contribution in [1.29, 1.82) is 0 Å². The van der Waals surface area contributed by atoms with Gasteiger partial charge >= 0.3 is 0 Å². The minimum Gasteiger partial charge on any atom is -0.292 e. The summed E-state index contributed by atoms with van der Waals surface area (Å²) < 4.78 is 2.16. The van der Waals surface area contributed by atoms with Crippen molar-refractivity contribution < 1.29 is 0 Å². The van der Waals surface area contributed by atoms with Gasteiger partial charge in [-0.2, -0.15) is 0 Å². The van der Waals surface area contributed by atoms with E-state index in [1.807, 2.05) is 40.8 Å². The molecule has 15 heavy (non-hydrogen) atoms. The van der Waals surface area contributed by atoms with Gasteiger partial charge in [-0.25, -0.2) is 4.98 Å². The first-order valence-corrected chi connectivity index (χ1v) is 5.45. The van der Waals surface area contributed by atoms with Gasteiger partial charge in [-0.05, 0) is 34.7 Å². The van der Waals surface area contributed by atoms with Gasteiger partial charge in [-0.15, -0.1) is 0 Å². The van der Waals surface area contributed by atoms with Crippen molar-refractivity contribution in [3.63, 3.8) is 0 Å². The van der Waals surface area contributed by atoms with Gasteiger partial charge < -0.3 is 0 Å². The van der Waals surface area contributed by atoms with Crippen LogP contribution in [0.4, 0.5) is 0 Å². The lowest BCUT2D eigenvalue weighted by Crippen LogP contribution is -2.23. The summed E-state index contributed by atoms with van der Waals surface area (Å²) in [7, 11) is 0. The lowest BCUT2D eigenvalue weighted by atomic mass is 10.3. The Kier molecular flexibility index (Phi) is 3.10. The van der Waals surface area contributed by atoms with E-state index in [9.17, 15) is 4.79 Å². The average molecular weight is 313 g/mol. The molecule has 2 rings (SSSR count). The van der Waals surface area contributed by atoms with Crippen LogP contribution in [0.1, 0.15) is 5.69 Å². The Labute approximate surface area is 100 Å². The van der Waals surface area contributed by atoms with Crippen LogP contribution in [0.5, 0.6) is 0 Å². The molecule has 0 bridgehead atoms. The largest absolute Gasteiger partial charge is 0.292 e. The highest BCUT2D eigenvalue weighted by molar-refractivity contribution is 14.1. The Morgan fingerprint density at radius 3 is 3.00 bits per heavy atom. The molecule has 0 aliphatic rings. The van der Waals surface area contributed by atoms with Crippen molar-refractivity contribution in [2.24, 2.45) is 0 Å². The van der Waals surface area contributed by atoms with Gasteiger partial charge in [0, 0.05) is 12.4 Å². The highest BCUT2D eigenvalue weighted by atomic mass is 127. The van der Waals surface area contributed by atoms with E-state index in [0.717, 1.165) is 5.69 Å². The number of nitrogens with zero attached hydrogens (tertiary/aromatic N) is 3. The number of halogens is 1. The Morgan fingerprint density at radius 1 is 1.40 bits per heavy atom. The zero-order valence-electron chi connectivity index (χ0n) is 7.80. The SMILES string of the molecule is O=c1c(I)cncn1Cc1ccccn1. The van der Waals surface area contributed by atoms with Crippen LogP contribution < -0.4 is 5.56 Å². The molecule has 2 aromatic heterocycles. The monoisotopic (exact) mass is 313 g/mol. The molecule has 0 fully saturated rings.